The molecule has 5 heteroatoms. The number of carbonyl (C=O) groups is 2. The summed E-state index contributed by atoms with van der Waals surface area (Å²) in [5.74, 6) is 0.218. The van der Waals surface area contributed by atoms with Crippen LogP contribution in [0.25, 0.3) is 0 Å². The van der Waals surface area contributed by atoms with Crippen LogP contribution in [0, 0.1) is 0 Å². The number of anilines is 1. The molecule has 5 nitrogen and oxygen atoms in total. The number of para-hydroxylation sites is 1. The van der Waals surface area contributed by atoms with E-state index < -0.39 is 0 Å². The SMILES string of the molecule is CCCCN(CCC(=O)N1CCN(c2ccccc2)CC1)C(C)=O. The third kappa shape index (κ3) is 5.25. The first-order chi connectivity index (χ1) is 11.6. The molecule has 1 aliphatic rings. The molecule has 0 N–H and O–H groups in total. The second-order valence-corrected chi connectivity index (χ2v) is 6.31. The van der Waals surface area contributed by atoms with E-state index in [1.807, 2.05) is 23.1 Å². The van der Waals surface area contributed by atoms with Gasteiger partial charge in [0.05, 0.1) is 0 Å². The van der Waals surface area contributed by atoms with Gasteiger partial charge in [0.25, 0.3) is 0 Å². The summed E-state index contributed by atoms with van der Waals surface area (Å²) in [6, 6.07) is 10.3. The standard InChI is InChI=1S/C19H29N3O2/c1-3-4-11-20(17(2)23)12-10-19(24)22-15-13-21(14-16-22)18-8-6-5-7-9-18/h5-9H,3-4,10-16H2,1-2H3. The van der Waals surface area contributed by atoms with Gasteiger partial charge in [-0.3, -0.25) is 9.59 Å². The van der Waals surface area contributed by atoms with Gasteiger partial charge in [0.15, 0.2) is 0 Å². The van der Waals surface area contributed by atoms with Gasteiger partial charge in [0.2, 0.25) is 11.8 Å². The molecule has 1 aliphatic heterocycles. The predicted octanol–water partition coefficient (Wildman–Crippen LogP) is 2.37. The highest BCUT2D eigenvalue weighted by molar-refractivity contribution is 5.78. The van der Waals surface area contributed by atoms with Crippen LogP contribution >= 0.6 is 0 Å². The van der Waals surface area contributed by atoms with Crippen molar-refractivity contribution in [1.82, 2.24) is 9.80 Å². The van der Waals surface area contributed by atoms with Crippen molar-refractivity contribution >= 4 is 17.5 Å². The van der Waals surface area contributed by atoms with Crippen molar-refractivity contribution in [3.63, 3.8) is 0 Å². The second-order valence-electron chi connectivity index (χ2n) is 6.31. The highest BCUT2D eigenvalue weighted by Gasteiger charge is 2.21. The predicted molar refractivity (Wildman–Crippen MR) is 97.0 cm³/mol. The lowest BCUT2D eigenvalue weighted by atomic mass is 10.2. The maximum absolute atomic E-state index is 12.4. The average molecular weight is 331 g/mol. The first kappa shape index (κ1) is 18.3. The molecule has 0 aromatic heterocycles. The lowest BCUT2D eigenvalue weighted by Gasteiger charge is -2.36. The topological polar surface area (TPSA) is 43.9 Å². The van der Waals surface area contributed by atoms with Crippen LogP contribution in [0.15, 0.2) is 30.3 Å². The summed E-state index contributed by atoms with van der Waals surface area (Å²) < 4.78 is 0. The van der Waals surface area contributed by atoms with Gasteiger partial charge in [-0.05, 0) is 18.6 Å². The molecule has 1 saturated heterocycles. The van der Waals surface area contributed by atoms with E-state index in [9.17, 15) is 9.59 Å². The van der Waals surface area contributed by atoms with Crippen molar-refractivity contribution in [3.05, 3.63) is 30.3 Å². The van der Waals surface area contributed by atoms with Crippen LogP contribution in [0.5, 0.6) is 0 Å². The fraction of sp³-hybridized carbons (Fsp3) is 0.579. The van der Waals surface area contributed by atoms with Crippen LogP contribution in [0.4, 0.5) is 5.69 Å². The van der Waals surface area contributed by atoms with Crippen LogP contribution in [-0.4, -0.2) is 60.9 Å². The van der Waals surface area contributed by atoms with E-state index in [-0.39, 0.29) is 11.8 Å². The molecule has 0 bridgehead atoms. The Labute approximate surface area is 145 Å². The van der Waals surface area contributed by atoms with Gasteiger partial charge < -0.3 is 14.7 Å². The number of unbranched alkanes of at least 4 members (excludes halogenated alkanes) is 1. The van der Waals surface area contributed by atoms with Crippen LogP contribution in [0.1, 0.15) is 33.1 Å². The fourth-order valence-electron chi connectivity index (χ4n) is 3.02. The Morgan fingerprint density at radius 1 is 1.04 bits per heavy atom. The van der Waals surface area contributed by atoms with Gasteiger partial charge in [0, 0.05) is 58.3 Å². The quantitative estimate of drug-likeness (QED) is 0.770. The summed E-state index contributed by atoms with van der Waals surface area (Å²) in [5.41, 5.74) is 1.21. The normalized spacial score (nSPS) is 14.6. The zero-order chi connectivity index (χ0) is 17.4. The van der Waals surface area contributed by atoms with E-state index in [0.29, 0.717) is 13.0 Å². The summed E-state index contributed by atoms with van der Waals surface area (Å²) in [6.07, 6.45) is 2.47. The smallest absolute Gasteiger partial charge is 0.224 e. The van der Waals surface area contributed by atoms with Gasteiger partial charge in [-0.25, -0.2) is 0 Å². The van der Waals surface area contributed by atoms with E-state index in [0.717, 1.165) is 45.6 Å². The number of benzene rings is 1. The maximum Gasteiger partial charge on any atom is 0.224 e. The van der Waals surface area contributed by atoms with Crippen LogP contribution in [0.2, 0.25) is 0 Å². The molecule has 24 heavy (non-hydrogen) atoms. The molecule has 0 aliphatic carbocycles. The third-order valence-electron chi connectivity index (χ3n) is 4.58. The Bertz CT molecular complexity index is 525. The van der Waals surface area contributed by atoms with Gasteiger partial charge >= 0.3 is 0 Å². The number of amides is 2. The lowest BCUT2D eigenvalue weighted by molar-refractivity contribution is -0.133. The first-order valence-electron chi connectivity index (χ1n) is 8.95. The summed E-state index contributed by atoms with van der Waals surface area (Å²) in [5, 5.41) is 0. The maximum atomic E-state index is 12.4. The average Bonchev–Trinajstić information content (AvgIpc) is 2.62. The van der Waals surface area contributed by atoms with Crippen LogP contribution in [0.3, 0.4) is 0 Å². The molecule has 0 atom stereocenters. The summed E-state index contributed by atoms with van der Waals surface area (Å²) in [6.45, 7) is 8.21. The molecule has 0 spiro atoms. The van der Waals surface area contributed by atoms with Crippen molar-refractivity contribution < 1.29 is 9.59 Å². The second kappa shape index (κ2) is 9.30. The Balaban J connectivity index is 1.77. The minimum atomic E-state index is 0.0603. The Morgan fingerprint density at radius 3 is 2.29 bits per heavy atom. The molecule has 0 radical (unpaired) electrons. The minimum absolute atomic E-state index is 0.0603. The molecular formula is C19H29N3O2. The van der Waals surface area contributed by atoms with Crippen molar-refractivity contribution in [3.8, 4) is 0 Å². The Morgan fingerprint density at radius 2 is 1.71 bits per heavy atom. The molecule has 1 fully saturated rings. The van der Waals surface area contributed by atoms with E-state index in [2.05, 4.69) is 24.0 Å². The highest BCUT2D eigenvalue weighted by Crippen LogP contribution is 2.16. The Kier molecular flexibility index (Phi) is 7.09. The number of nitrogens with zero attached hydrogens (tertiary/aromatic N) is 3. The van der Waals surface area contributed by atoms with E-state index in [1.54, 1.807) is 11.8 Å². The summed E-state index contributed by atoms with van der Waals surface area (Å²) >= 11 is 0. The van der Waals surface area contributed by atoms with Crippen molar-refractivity contribution in [1.29, 1.82) is 0 Å². The van der Waals surface area contributed by atoms with Gasteiger partial charge in [0.1, 0.15) is 0 Å². The van der Waals surface area contributed by atoms with Gasteiger partial charge in [-0.2, -0.15) is 0 Å². The zero-order valence-electron chi connectivity index (χ0n) is 14.9. The van der Waals surface area contributed by atoms with E-state index in [1.165, 1.54) is 5.69 Å². The molecule has 132 valence electrons. The van der Waals surface area contributed by atoms with Crippen molar-refractivity contribution in [2.24, 2.45) is 0 Å². The highest BCUT2D eigenvalue weighted by atomic mass is 16.2. The van der Waals surface area contributed by atoms with Crippen molar-refractivity contribution in [2.45, 2.75) is 33.1 Å². The van der Waals surface area contributed by atoms with Crippen LogP contribution < -0.4 is 4.90 Å². The first-order valence-corrected chi connectivity index (χ1v) is 8.95. The minimum Gasteiger partial charge on any atom is -0.368 e. The molecule has 1 aromatic carbocycles. The number of hydrogen-bond acceptors (Lipinski definition) is 3. The number of rotatable bonds is 7. The third-order valence-corrected chi connectivity index (χ3v) is 4.58. The van der Waals surface area contributed by atoms with E-state index in [4.69, 9.17) is 0 Å². The number of hydrogen-bond donors (Lipinski definition) is 0. The van der Waals surface area contributed by atoms with Gasteiger partial charge in [-0.15, -0.1) is 0 Å². The number of carbonyl (C=O) groups excluding carboxylic acids is 2. The van der Waals surface area contributed by atoms with Crippen LogP contribution in [-0.2, 0) is 9.59 Å². The molecule has 2 rings (SSSR count). The molecular weight excluding hydrogens is 302 g/mol. The van der Waals surface area contributed by atoms with Gasteiger partial charge in [-0.1, -0.05) is 31.5 Å². The Hall–Kier alpha value is -2.04. The zero-order valence-corrected chi connectivity index (χ0v) is 14.9. The summed E-state index contributed by atoms with van der Waals surface area (Å²) in [7, 11) is 0. The molecule has 0 saturated carbocycles. The lowest BCUT2D eigenvalue weighted by Crippen LogP contribution is -2.49. The molecule has 0 unspecified atom stereocenters. The largest absolute Gasteiger partial charge is 0.368 e. The molecule has 2 amide bonds. The molecule has 1 heterocycles. The van der Waals surface area contributed by atoms with E-state index >= 15 is 0 Å². The van der Waals surface area contributed by atoms with Crippen molar-refractivity contribution in [2.75, 3.05) is 44.2 Å². The monoisotopic (exact) mass is 331 g/mol. The number of piperazine rings is 1. The molecule has 1 aromatic rings. The summed E-state index contributed by atoms with van der Waals surface area (Å²) in [4.78, 5) is 30.1. The fourth-order valence-corrected chi connectivity index (χ4v) is 3.02.